The molecule has 1 atom stereocenters. The maximum Gasteiger partial charge on any atom is 0.321 e. The third kappa shape index (κ3) is 4.27. The second-order valence-corrected chi connectivity index (χ2v) is 6.92. The van der Waals surface area contributed by atoms with E-state index >= 15 is 0 Å². The molecule has 0 heterocycles. The van der Waals surface area contributed by atoms with E-state index in [1.165, 1.54) is 7.11 Å². The Labute approximate surface area is 148 Å². The fourth-order valence-corrected chi connectivity index (χ4v) is 2.61. The summed E-state index contributed by atoms with van der Waals surface area (Å²) in [6.45, 7) is 6.33. The first-order valence-electron chi connectivity index (χ1n) is 8.14. The number of carbonyl (C=O) groups is 2. The molecule has 132 valence electrons. The topological polar surface area (TPSA) is 52.6 Å². The number of hydrogen-bond donors (Lipinski definition) is 0. The average Bonchev–Trinajstić information content (AvgIpc) is 2.61. The van der Waals surface area contributed by atoms with Crippen LogP contribution in [0.15, 0.2) is 48.5 Å². The van der Waals surface area contributed by atoms with E-state index in [2.05, 4.69) is 20.8 Å². The fraction of sp³-hybridized carbons (Fsp3) is 0.333. The summed E-state index contributed by atoms with van der Waals surface area (Å²) in [5.41, 5.74) is 2.19. The molecule has 2 rings (SSSR count). The van der Waals surface area contributed by atoms with Gasteiger partial charge in [-0.15, -0.1) is 0 Å². The Bertz CT molecular complexity index is 737. The van der Waals surface area contributed by atoms with Crippen LogP contribution in [0.3, 0.4) is 0 Å². The summed E-state index contributed by atoms with van der Waals surface area (Å²) < 4.78 is 9.98. The molecule has 0 saturated carbocycles. The van der Waals surface area contributed by atoms with E-state index in [4.69, 9.17) is 9.47 Å². The molecule has 0 aliphatic heterocycles. The van der Waals surface area contributed by atoms with Crippen molar-refractivity contribution >= 4 is 11.8 Å². The van der Waals surface area contributed by atoms with Gasteiger partial charge in [-0.1, -0.05) is 57.2 Å². The van der Waals surface area contributed by atoms with Crippen LogP contribution < -0.4 is 4.74 Å². The number of benzene rings is 2. The zero-order chi connectivity index (χ0) is 18.6. The van der Waals surface area contributed by atoms with E-state index in [-0.39, 0.29) is 11.2 Å². The lowest BCUT2D eigenvalue weighted by atomic mass is 9.85. The Morgan fingerprint density at radius 3 is 1.88 bits per heavy atom. The molecule has 0 saturated heterocycles. The summed E-state index contributed by atoms with van der Waals surface area (Å²) >= 11 is 0. The number of hydrogen-bond acceptors (Lipinski definition) is 4. The molecular weight excluding hydrogens is 316 g/mol. The number of methoxy groups -OCH3 is 2. The highest BCUT2D eigenvalue weighted by Crippen LogP contribution is 2.27. The van der Waals surface area contributed by atoms with Gasteiger partial charge in [0.1, 0.15) is 11.7 Å². The van der Waals surface area contributed by atoms with E-state index in [1.807, 2.05) is 12.1 Å². The smallest absolute Gasteiger partial charge is 0.321 e. The lowest BCUT2D eigenvalue weighted by Crippen LogP contribution is -2.23. The molecular formula is C21H24O4. The molecule has 0 aromatic heterocycles. The highest BCUT2D eigenvalue weighted by atomic mass is 16.5. The minimum absolute atomic E-state index is 0.000683. The molecule has 0 spiro atoms. The monoisotopic (exact) mass is 340 g/mol. The Morgan fingerprint density at radius 1 is 0.880 bits per heavy atom. The van der Waals surface area contributed by atoms with Crippen LogP contribution in [-0.2, 0) is 14.9 Å². The van der Waals surface area contributed by atoms with Crippen LogP contribution in [0.2, 0.25) is 0 Å². The minimum Gasteiger partial charge on any atom is -0.497 e. The van der Waals surface area contributed by atoms with Gasteiger partial charge in [0.05, 0.1) is 14.2 Å². The Kier molecular flexibility index (Phi) is 5.62. The SMILES string of the molecule is COC(=O)C(C(=O)c1ccc(C(C)(C)C)cc1)c1ccc(OC)cc1. The highest BCUT2D eigenvalue weighted by Gasteiger charge is 2.30. The van der Waals surface area contributed by atoms with Crippen LogP contribution in [0.1, 0.15) is 48.2 Å². The predicted octanol–water partition coefficient (Wildman–Crippen LogP) is 4.13. The molecule has 2 aromatic rings. The van der Waals surface area contributed by atoms with Crippen molar-refractivity contribution in [3.8, 4) is 5.75 Å². The van der Waals surface area contributed by atoms with Crippen molar-refractivity contribution in [2.75, 3.05) is 14.2 Å². The predicted molar refractivity (Wildman–Crippen MR) is 97.2 cm³/mol. The normalized spacial score (nSPS) is 12.4. The lowest BCUT2D eigenvalue weighted by Gasteiger charge is -2.20. The first-order valence-corrected chi connectivity index (χ1v) is 8.14. The molecule has 0 fully saturated rings. The van der Waals surface area contributed by atoms with Gasteiger partial charge in [0.2, 0.25) is 0 Å². The molecule has 4 heteroatoms. The largest absolute Gasteiger partial charge is 0.497 e. The maximum absolute atomic E-state index is 12.9. The molecule has 0 aliphatic rings. The fourth-order valence-electron chi connectivity index (χ4n) is 2.61. The summed E-state index contributed by atoms with van der Waals surface area (Å²) in [6, 6.07) is 14.3. The number of esters is 1. The van der Waals surface area contributed by atoms with E-state index in [0.717, 1.165) is 5.56 Å². The number of ketones is 1. The molecule has 2 aromatic carbocycles. The summed E-state index contributed by atoms with van der Waals surface area (Å²) in [4.78, 5) is 25.2. The van der Waals surface area contributed by atoms with Crippen molar-refractivity contribution in [1.82, 2.24) is 0 Å². The Balaban J connectivity index is 2.37. The lowest BCUT2D eigenvalue weighted by molar-refractivity contribution is -0.141. The number of ether oxygens (including phenoxy) is 2. The van der Waals surface area contributed by atoms with Gasteiger partial charge in [0, 0.05) is 5.56 Å². The zero-order valence-electron chi connectivity index (χ0n) is 15.3. The number of Topliss-reactive ketones (excluding diaryl/α,β-unsaturated/α-hetero) is 1. The van der Waals surface area contributed by atoms with E-state index in [9.17, 15) is 9.59 Å². The Morgan fingerprint density at radius 2 is 1.44 bits per heavy atom. The van der Waals surface area contributed by atoms with Gasteiger partial charge < -0.3 is 9.47 Å². The molecule has 0 bridgehead atoms. The molecule has 4 nitrogen and oxygen atoms in total. The third-order valence-electron chi connectivity index (χ3n) is 4.18. The van der Waals surface area contributed by atoms with Gasteiger partial charge in [-0.2, -0.15) is 0 Å². The van der Waals surface area contributed by atoms with Crippen molar-refractivity contribution in [3.05, 3.63) is 65.2 Å². The highest BCUT2D eigenvalue weighted by molar-refractivity contribution is 6.12. The van der Waals surface area contributed by atoms with Crippen molar-refractivity contribution in [2.45, 2.75) is 32.1 Å². The van der Waals surface area contributed by atoms with E-state index < -0.39 is 11.9 Å². The van der Waals surface area contributed by atoms with E-state index in [0.29, 0.717) is 16.9 Å². The molecule has 25 heavy (non-hydrogen) atoms. The second-order valence-electron chi connectivity index (χ2n) is 6.92. The Hall–Kier alpha value is -2.62. The number of carbonyl (C=O) groups excluding carboxylic acids is 2. The molecule has 0 aliphatic carbocycles. The minimum atomic E-state index is -0.989. The van der Waals surface area contributed by atoms with Gasteiger partial charge >= 0.3 is 5.97 Å². The van der Waals surface area contributed by atoms with Crippen molar-refractivity contribution in [2.24, 2.45) is 0 Å². The van der Waals surface area contributed by atoms with Crippen LogP contribution >= 0.6 is 0 Å². The van der Waals surface area contributed by atoms with Crippen LogP contribution in [-0.4, -0.2) is 26.0 Å². The molecule has 0 radical (unpaired) electrons. The summed E-state index contributed by atoms with van der Waals surface area (Å²) in [7, 11) is 2.85. The van der Waals surface area contributed by atoms with Crippen molar-refractivity contribution < 1.29 is 19.1 Å². The van der Waals surface area contributed by atoms with Crippen molar-refractivity contribution in [3.63, 3.8) is 0 Å². The van der Waals surface area contributed by atoms with Gasteiger partial charge in [-0.3, -0.25) is 9.59 Å². The third-order valence-corrected chi connectivity index (χ3v) is 4.18. The van der Waals surface area contributed by atoms with Crippen LogP contribution in [0.4, 0.5) is 0 Å². The maximum atomic E-state index is 12.9. The first kappa shape index (κ1) is 18.7. The van der Waals surface area contributed by atoms with Gasteiger partial charge in [0.25, 0.3) is 0 Å². The van der Waals surface area contributed by atoms with Gasteiger partial charge in [-0.05, 0) is 28.7 Å². The first-order chi connectivity index (χ1) is 11.8. The van der Waals surface area contributed by atoms with Gasteiger partial charge in [0.15, 0.2) is 5.78 Å². The summed E-state index contributed by atoms with van der Waals surface area (Å²) in [6.07, 6.45) is 0. The average molecular weight is 340 g/mol. The summed E-state index contributed by atoms with van der Waals surface area (Å²) in [5.74, 6) is -1.18. The molecule has 0 amide bonds. The second kappa shape index (κ2) is 7.51. The molecule has 1 unspecified atom stereocenters. The quantitative estimate of drug-likeness (QED) is 0.466. The van der Waals surface area contributed by atoms with Crippen LogP contribution in [0, 0.1) is 0 Å². The summed E-state index contributed by atoms with van der Waals surface area (Å²) in [5, 5.41) is 0. The van der Waals surface area contributed by atoms with Crippen molar-refractivity contribution in [1.29, 1.82) is 0 Å². The number of rotatable bonds is 5. The van der Waals surface area contributed by atoms with Crippen LogP contribution in [0.25, 0.3) is 0 Å². The van der Waals surface area contributed by atoms with E-state index in [1.54, 1.807) is 43.5 Å². The standard InChI is InChI=1S/C21H24O4/c1-21(2,3)16-10-6-15(7-11-16)19(22)18(20(23)25-5)14-8-12-17(24-4)13-9-14/h6-13,18H,1-5H3. The zero-order valence-corrected chi connectivity index (χ0v) is 15.3. The molecule has 0 N–H and O–H groups in total. The van der Waals surface area contributed by atoms with Gasteiger partial charge in [-0.25, -0.2) is 0 Å². The van der Waals surface area contributed by atoms with Crippen LogP contribution in [0.5, 0.6) is 5.75 Å².